The summed E-state index contributed by atoms with van der Waals surface area (Å²) in [7, 11) is 0. The number of hydrogen-bond donors (Lipinski definition) is 0. The topological polar surface area (TPSA) is 28.1 Å². The van der Waals surface area contributed by atoms with Crippen molar-refractivity contribution in [2.45, 2.75) is 0 Å². The molecule has 0 fully saturated rings. The van der Waals surface area contributed by atoms with Crippen LogP contribution >= 0.6 is 0 Å². The normalized spacial score (nSPS) is 9.83. The maximum Gasteiger partial charge on any atom is 0.231 e. The van der Waals surface area contributed by atoms with Gasteiger partial charge in [-0.2, -0.15) is 5.26 Å². The number of nitriles is 1. The molecule has 139 valence electrons. The summed E-state index contributed by atoms with van der Waals surface area (Å²) in [6, 6.07) is 30.1. The van der Waals surface area contributed by atoms with E-state index in [1.807, 2.05) is 97.1 Å². The van der Waals surface area contributed by atoms with E-state index in [-0.39, 0.29) is 19.7 Å². The molecule has 4 aromatic carbocycles. The van der Waals surface area contributed by atoms with Crippen LogP contribution in [-0.2, 0) is 0 Å². The Bertz CT molecular complexity index is 1180. The Morgan fingerprint density at radius 2 is 1.07 bits per heavy atom. The lowest BCUT2D eigenvalue weighted by molar-refractivity contribution is 0.631. The molecule has 0 saturated carbocycles. The Morgan fingerprint density at radius 3 is 1.47 bits per heavy atom. The van der Waals surface area contributed by atoms with E-state index in [1.54, 1.807) is 0 Å². The van der Waals surface area contributed by atoms with E-state index in [4.69, 9.17) is 6.57 Å². The summed E-state index contributed by atoms with van der Waals surface area (Å²) in [6.07, 6.45) is 0. The third-order valence-electron chi connectivity index (χ3n) is 4.83. The average Bonchev–Trinajstić information content (AvgIpc) is 2.80. The molecule has 0 atom stereocenters. The zero-order chi connectivity index (χ0) is 20.2. The van der Waals surface area contributed by atoms with Crippen LogP contribution in [-0.4, -0.2) is 8.41 Å². The summed E-state index contributed by atoms with van der Waals surface area (Å²) < 4.78 is 15.4. The van der Waals surface area contributed by atoms with E-state index in [0.29, 0.717) is 16.7 Å². The van der Waals surface area contributed by atoms with Gasteiger partial charge in [-0.05, 0) is 27.8 Å². The molecule has 0 bridgehead atoms. The van der Waals surface area contributed by atoms with E-state index in [0.717, 1.165) is 16.7 Å². The highest BCUT2D eigenvalue weighted by atomic mass is 19.1. The predicted octanol–water partition coefficient (Wildman–Crippen LogP) is 6.87. The number of nitrogens with zero attached hydrogens (tertiary/aromatic N) is 2. The van der Waals surface area contributed by atoms with Crippen LogP contribution in [0.4, 0.5) is 10.1 Å². The first-order valence-electron chi connectivity index (χ1n) is 9.09. The van der Waals surface area contributed by atoms with E-state index in [2.05, 4.69) is 4.85 Å². The number of halogens is 1. The lowest BCUT2D eigenvalue weighted by Crippen LogP contribution is -1.99. The van der Waals surface area contributed by atoms with Gasteiger partial charge in [0.05, 0.1) is 12.1 Å². The molecule has 2 nitrogen and oxygen atoms in total. The fraction of sp³-hybridized carbons (Fsp3) is 0. The lowest BCUT2D eigenvalue weighted by atomic mass is 9.83. The van der Waals surface area contributed by atoms with Gasteiger partial charge in [-0.25, -0.2) is 9.24 Å². The van der Waals surface area contributed by atoms with Gasteiger partial charge in [-0.3, -0.25) is 0 Å². The summed E-state index contributed by atoms with van der Waals surface area (Å²) in [5.41, 5.74) is 3.74. The van der Waals surface area contributed by atoms with Crippen molar-refractivity contribution in [2.24, 2.45) is 0 Å². The van der Waals surface area contributed by atoms with Crippen LogP contribution in [0.3, 0.4) is 0 Å². The molecule has 0 aliphatic heterocycles. The van der Waals surface area contributed by atoms with Crippen LogP contribution < -0.4 is 0 Å². The second-order valence-corrected chi connectivity index (χ2v) is 6.48. The molecule has 0 aliphatic rings. The van der Waals surface area contributed by atoms with Crippen LogP contribution in [0.15, 0.2) is 91.0 Å². The van der Waals surface area contributed by atoms with Crippen molar-refractivity contribution in [3.05, 3.63) is 114 Å². The molecule has 4 aromatic rings. The molecule has 3 radical (unpaired) electrons. The molecule has 0 amide bonds. The van der Waals surface area contributed by atoms with Gasteiger partial charge in [0.15, 0.2) is 0 Å². The zero-order valence-electron chi connectivity index (χ0n) is 16.0. The molecule has 0 aliphatic carbocycles. The smallest absolute Gasteiger partial charge is 0.231 e. The van der Waals surface area contributed by atoms with Gasteiger partial charge in [0.25, 0.3) is 0 Å². The van der Waals surface area contributed by atoms with Crippen molar-refractivity contribution in [3.8, 4) is 39.4 Å². The monoisotopic (exact) mass is 385 g/mol. The minimum absolute atomic E-state index is 0. The average molecular weight is 385 g/mol. The molecule has 0 unspecified atom stereocenters. The molecular weight excluding hydrogens is 370 g/mol. The largest absolute Gasteiger partial charge is 0.234 e. The lowest BCUT2D eigenvalue weighted by Gasteiger charge is -2.20. The third-order valence-corrected chi connectivity index (χ3v) is 4.83. The van der Waals surface area contributed by atoms with Gasteiger partial charge in [-0.1, -0.05) is 91.0 Å². The van der Waals surface area contributed by atoms with Crippen molar-refractivity contribution < 1.29 is 4.39 Å². The molecule has 30 heavy (non-hydrogen) atoms. The fourth-order valence-corrected chi connectivity index (χ4v) is 3.59. The first-order chi connectivity index (χ1) is 14.3. The maximum absolute atomic E-state index is 15.4. The molecule has 0 heterocycles. The van der Waals surface area contributed by atoms with Crippen molar-refractivity contribution in [1.82, 2.24) is 0 Å². The Balaban J connectivity index is 0.00000256. The Hall–Kier alpha value is -4.15. The highest BCUT2D eigenvalue weighted by Gasteiger charge is 2.26. The quantitative estimate of drug-likeness (QED) is 0.279. The first kappa shape index (κ1) is 20.6. The van der Waals surface area contributed by atoms with Gasteiger partial charge in [0, 0.05) is 14.0 Å². The number of rotatable bonds is 3. The summed E-state index contributed by atoms with van der Waals surface area (Å²) in [5.74, 6) is -0.778. The molecule has 0 spiro atoms. The van der Waals surface area contributed by atoms with Crippen LogP contribution in [0.5, 0.6) is 0 Å². The highest BCUT2D eigenvalue weighted by molar-refractivity contribution is 6.02. The molecule has 0 saturated heterocycles. The number of hydrogen-bond acceptors (Lipinski definition) is 1. The van der Waals surface area contributed by atoms with Crippen LogP contribution in [0.1, 0.15) is 5.56 Å². The highest BCUT2D eigenvalue weighted by Crippen LogP contribution is 2.48. The number of benzene rings is 4. The molecular formula is C26H15BFN2. The molecule has 4 heteroatoms. The summed E-state index contributed by atoms with van der Waals surface area (Å²) in [5, 5.41) is 9.82. The van der Waals surface area contributed by atoms with Gasteiger partial charge in [-0.15, -0.1) is 0 Å². The third kappa shape index (κ3) is 3.48. The van der Waals surface area contributed by atoms with Gasteiger partial charge >= 0.3 is 0 Å². The van der Waals surface area contributed by atoms with Gasteiger partial charge < -0.3 is 0 Å². The summed E-state index contributed by atoms with van der Waals surface area (Å²) in [4.78, 5) is 3.50. The minimum atomic E-state index is -0.778. The van der Waals surface area contributed by atoms with Crippen LogP contribution in [0.2, 0.25) is 0 Å². The second-order valence-electron chi connectivity index (χ2n) is 6.48. The Morgan fingerprint density at radius 1 is 0.667 bits per heavy atom. The first-order valence-corrected chi connectivity index (χ1v) is 9.09. The minimum Gasteiger partial charge on any atom is -0.234 e. The SMILES string of the molecule is [B].[C-]#[N+]c1c(F)c(C#N)c(-c2ccccc2)c(-c2ccccc2)c1-c1ccccc1. The van der Waals surface area contributed by atoms with Gasteiger partial charge in [0.2, 0.25) is 5.69 Å². The standard InChI is InChI=1S/C26H15FN2.B/c1-29-26-24(20-15-9-4-10-16-20)23(19-13-7-3-8-14-19)22(21(17-28)25(26)27)18-11-5-2-6-12-18;/h2-16H;. The van der Waals surface area contributed by atoms with E-state index < -0.39 is 5.82 Å². The zero-order valence-corrected chi connectivity index (χ0v) is 16.0. The second kappa shape index (κ2) is 8.90. The summed E-state index contributed by atoms with van der Waals surface area (Å²) in [6.45, 7) is 7.66. The fourth-order valence-electron chi connectivity index (χ4n) is 3.59. The molecule has 0 aromatic heterocycles. The molecule has 0 N–H and O–H groups in total. The van der Waals surface area contributed by atoms with Crippen LogP contribution in [0, 0.1) is 23.7 Å². The van der Waals surface area contributed by atoms with E-state index in [1.165, 1.54) is 0 Å². The molecule has 4 rings (SSSR count). The van der Waals surface area contributed by atoms with Crippen molar-refractivity contribution in [1.29, 1.82) is 5.26 Å². The van der Waals surface area contributed by atoms with Crippen molar-refractivity contribution in [2.75, 3.05) is 0 Å². The van der Waals surface area contributed by atoms with Crippen molar-refractivity contribution >= 4 is 14.1 Å². The summed E-state index contributed by atoms with van der Waals surface area (Å²) >= 11 is 0. The predicted molar refractivity (Wildman–Crippen MR) is 119 cm³/mol. The Labute approximate surface area is 177 Å². The van der Waals surface area contributed by atoms with Crippen LogP contribution in [0.25, 0.3) is 38.2 Å². The van der Waals surface area contributed by atoms with Crippen molar-refractivity contribution in [3.63, 3.8) is 0 Å². The Kier molecular flexibility index (Phi) is 6.11. The maximum atomic E-state index is 15.4. The van der Waals surface area contributed by atoms with Gasteiger partial charge in [0.1, 0.15) is 11.9 Å². The van der Waals surface area contributed by atoms with E-state index >= 15 is 4.39 Å². The van der Waals surface area contributed by atoms with E-state index in [9.17, 15) is 5.26 Å².